The lowest BCUT2D eigenvalue weighted by atomic mass is 9.86. The summed E-state index contributed by atoms with van der Waals surface area (Å²) in [5.41, 5.74) is 3.22. The third kappa shape index (κ3) is 2.65. The molecule has 112 valence electrons. The van der Waals surface area contributed by atoms with Crippen molar-refractivity contribution in [1.82, 2.24) is 10.2 Å². The lowest BCUT2D eigenvalue weighted by Crippen LogP contribution is -2.53. The summed E-state index contributed by atoms with van der Waals surface area (Å²) >= 11 is 0. The number of carboxylic acid groups (broad SMARTS) is 1. The topological polar surface area (TPSA) is 69.6 Å². The van der Waals surface area contributed by atoms with Gasteiger partial charge in [-0.05, 0) is 36.2 Å². The first-order chi connectivity index (χ1) is 10.1. The predicted molar refractivity (Wildman–Crippen MR) is 78.0 cm³/mol. The number of amides is 1. The molecule has 2 aliphatic rings. The molecule has 21 heavy (non-hydrogen) atoms. The standard InChI is InChI=1S/C16H20N2O3/c1-10(16(20)21)14-8-18(9-14)15(19)12-3-2-11-4-5-17-7-13(11)6-12/h2-3,6,10,14,17H,4-5,7-9H2,1H3,(H,20,21). The van der Waals surface area contributed by atoms with Gasteiger partial charge in [-0.15, -0.1) is 0 Å². The Morgan fingerprint density at radius 1 is 1.33 bits per heavy atom. The second-order valence-corrected chi connectivity index (χ2v) is 6.01. The normalized spacial score (nSPS) is 19.6. The van der Waals surface area contributed by atoms with Crippen molar-refractivity contribution in [2.24, 2.45) is 11.8 Å². The van der Waals surface area contributed by atoms with Gasteiger partial charge < -0.3 is 15.3 Å². The molecular formula is C16H20N2O3. The molecule has 2 heterocycles. The summed E-state index contributed by atoms with van der Waals surface area (Å²) in [5.74, 6) is -1.09. The molecule has 5 heteroatoms. The van der Waals surface area contributed by atoms with Gasteiger partial charge in [0, 0.05) is 31.1 Å². The molecule has 0 spiro atoms. The number of nitrogens with zero attached hydrogens (tertiary/aromatic N) is 1. The molecular weight excluding hydrogens is 268 g/mol. The number of carbonyl (C=O) groups is 2. The minimum atomic E-state index is -0.785. The molecule has 0 bridgehead atoms. The van der Waals surface area contributed by atoms with Crippen molar-refractivity contribution in [1.29, 1.82) is 0 Å². The van der Waals surface area contributed by atoms with Gasteiger partial charge in [-0.25, -0.2) is 0 Å². The Balaban J connectivity index is 1.66. The van der Waals surface area contributed by atoms with Gasteiger partial charge in [0.15, 0.2) is 0 Å². The predicted octanol–water partition coefficient (Wildman–Crippen LogP) is 1.12. The van der Waals surface area contributed by atoms with E-state index in [2.05, 4.69) is 5.32 Å². The van der Waals surface area contributed by atoms with E-state index in [4.69, 9.17) is 5.11 Å². The van der Waals surface area contributed by atoms with E-state index in [1.807, 2.05) is 18.2 Å². The highest BCUT2D eigenvalue weighted by Gasteiger charge is 2.37. The molecule has 0 saturated carbocycles. The highest BCUT2D eigenvalue weighted by atomic mass is 16.4. The summed E-state index contributed by atoms with van der Waals surface area (Å²) in [6.45, 7) is 4.60. The van der Waals surface area contributed by atoms with Crippen molar-refractivity contribution in [3.05, 3.63) is 34.9 Å². The monoisotopic (exact) mass is 288 g/mol. The summed E-state index contributed by atoms with van der Waals surface area (Å²) in [7, 11) is 0. The SMILES string of the molecule is CC(C(=O)O)C1CN(C(=O)c2ccc3c(c2)CNCC3)C1. The molecule has 1 amide bonds. The molecule has 2 N–H and O–H groups in total. The lowest BCUT2D eigenvalue weighted by Gasteiger charge is -2.41. The number of hydrogen-bond donors (Lipinski definition) is 2. The zero-order chi connectivity index (χ0) is 15.0. The average Bonchev–Trinajstić information content (AvgIpc) is 2.44. The molecule has 1 atom stereocenters. The van der Waals surface area contributed by atoms with Gasteiger partial charge in [0.05, 0.1) is 5.92 Å². The van der Waals surface area contributed by atoms with E-state index < -0.39 is 5.97 Å². The fraction of sp³-hybridized carbons (Fsp3) is 0.500. The number of aliphatic carboxylic acids is 1. The third-order valence-corrected chi connectivity index (χ3v) is 4.63. The molecule has 0 aliphatic carbocycles. The Morgan fingerprint density at radius 3 is 2.81 bits per heavy atom. The number of hydrogen-bond acceptors (Lipinski definition) is 3. The van der Waals surface area contributed by atoms with Crippen LogP contribution in [0.15, 0.2) is 18.2 Å². The van der Waals surface area contributed by atoms with Gasteiger partial charge in [0.25, 0.3) is 5.91 Å². The molecule has 1 fully saturated rings. The van der Waals surface area contributed by atoms with Crippen LogP contribution in [0.4, 0.5) is 0 Å². The van der Waals surface area contributed by atoms with Gasteiger partial charge >= 0.3 is 5.97 Å². The van der Waals surface area contributed by atoms with Crippen LogP contribution in [0.5, 0.6) is 0 Å². The van der Waals surface area contributed by atoms with E-state index in [0.717, 1.165) is 19.5 Å². The summed E-state index contributed by atoms with van der Waals surface area (Å²) < 4.78 is 0. The van der Waals surface area contributed by atoms with Crippen LogP contribution in [0.25, 0.3) is 0 Å². The number of nitrogens with one attached hydrogen (secondary N) is 1. The van der Waals surface area contributed by atoms with Gasteiger partial charge in [-0.2, -0.15) is 0 Å². The van der Waals surface area contributed by atoms with Crippen molar-refractivity contribution in [2.45, 2.75) is 19.9 Å². The maximum atomic E-state index is 12.4. The fourth-order valence-electron chi connectivity index (χ4n) is 2.99. The molecule has 1 aromatic rings. The van der Waals surface area contributed by atoms with Crippen molar-refractivity contribution >= 4 is 11.9 Å². The van der Waals surface area contributed by atoms with Crippen LogP contribution < -0.4 is 5.32 Å². The van der Waals surface area contributed by atoms with Crippen molar-refractivity contribution in [3.8, 4) is 0 Å². The molecule has 1 aromatic carbocycles. The Labute approximate surface area is 123 Å². The zero-order valence-corrected chi connectivity index (χ0v) is 12.1. The summed E-state index contributed by atoms with van der Waals surface area (Å²) in [6.07, 6.45) is 1.01. The summed E-state index contributed by atoms with van der Waals surface area (Å²) in [5, 5.41) is 12.3. The number of fused-ring (bicyclic) bond motifs is 1. The first-order valence-corrected chi connectivity index (χ1v) is 7.41. The van der Waals surface area contributed by atoms with Crippen LogP contribution >= 0.6 is 0 Å². The number of carbonyl (C=O) groups excluding carboxylic acids is 1. The Bertz CT molecular complexity index is 579. The van der Waals surface area contributed by atoms with E-state index >= 15 is 0 Å². The first-order valence-electron chi connectivity index (χ1n) is 7.41. The van der Waals surface area contributed by atoms with E-state index in [1.54, 1.807) is 11.8 Å². The third-order valence-electron chi connectivity index (χ3n) is 4.63. The maximum Gasteiger partial charge on any atom is 0.306 e. The van der Waals surface area contributed by atoms with Gasteiger partial charge in [0.1, 0.15) is 0 Å². The first kappa shape index (κ1) is 14.1. The highest BCUT2D eigenvalue weighted by Crippen LogP contribution is 2.26. The fourth-order valence-corrected chi connectivity index (χ4v) is 2.99. The number of carboxylic acids is 1. The lowest BCUT2D eigenvalue weighted by molar-refractivity contribution is -0.144. The van der Waals surface area contributed by atoms with Crippen LogP contribution in [0, 0.1) is 11.8 Å². The van der Waals surface area contributed by atoms with Crippen molar-refractivity contribution in [2.75, 3.05) is 19.6 Å². The van der Waals surface area contributed by atoms with Gasteiger partial charge in [0.2, 0.25) is 0 Å². The Kier molecular flexibility index (Phi) is 3.68. The van der Waals surface area contributed by atoms with Crippen molar-refractivity contribution in [3.63, 3.8) is 0 Å². The minimum absolute atomic E-state index is 0.0113. The second-order valence-electron chi connectivity index (χ2n) is 6.01. The van der Waals surface area contributed by atoms with Gasteiger partial charge in [-0.1, -0.05) is 13.0 Å². The quantitative estimate of drug-likeness (QED) is 0.874. The van der Waals surface area contributed by atoms with E-state index in [0.29, 0.717) is 18.7 Å². The largest absolute Gasteiger partial charge is 0.481 e. The van der Waals surface area contributed by atoms with E-state index in [9.17, 15) is 9.59 Å². The molecule has 1 unspecified atom stereocenters. The van der Waals surface area contributed by atoms with Crippen LogP contribution in [0.3, 0.4) is 0 Å². The van der Waals surface area contributed by atoms with Crippen LogP contribution in [-0.4, -0.2) is 41.5 Å². The highest BCUT2D eigenvalue weighted by molar-refractivity contribution is 5.95. The minimum Gasteiger partial charge on any atom is -0.481 e. The van der Waals surface area contributed by atoms with Crippen LogP contribution in [0.2, 0.25) is 0 Å². The van der Waals surface area contributed by atoms with Crippen molar-refractivity contribution < 1.29 is 14.7 Å². The number of rotatable bonds is 3. The van der Waals surface area contributed by atoms with Gasteiger partial charge in [-0.3, -0.25) is 9.59 Å². The molecule has 5 nitrogen and oxygen atoms in total. The molecule has 0 aromatic heterocycles. The van der Waals surface area contributed by atoms with Crippen LogP contribution in [0.1, 0.15) is 28.4 Å². The Morgan fingerprint density at radius 2 is 2.10 bits per heavy atom. The molecule has 3 rings (SSSR count). The number of benzene rings is 1. The smallest absolute Gasteiger partial charge is 0.306 e. The molecule has 0 radical (unpaired) electrons. The molecule has 1 saturated heterocycles. The summed E-state index contributed by atoms with van der Waals surface area (Å²) in [6, 6.07) is 5.90. The number of likely N-dealkylation sites (tertiary alicyclic amines) is 1. The van der Waals surface area contributed by atoms with E-state index in [-0.39, 0.29) is 17.7 Å². The molecule has 2 aliphatic heterocycles. The second kappa shape index (κ2) is 5.48. The maximum absolute atomic E-state index is 12.4. The van der Waals surface area contributed by atoms with E-state index in [1.165, 1.54) is 11.1 Å². The zero-order valence-electron chi connectivity index (χ0n) is 12.1. The Hall–Kier alpha value is -1.88. The average molecular weight is 288 g/mol. The van der Waals surface area contributed by atoms with Crippen LogP contribution in [-0.2, 0) is 17.8 Å². The summed E-state index contributed by atoms with van der Waals surface area (Å²) in [4.78, 5) is 25.1.